The molecule has 0 aliphatic rings. The third kappa shape index (κ3) is 3.18. The Hall–Kier alpha value is -1.35. The molecule has 14 heavy (non-hydrogen) atoms. The SMILES string of the molecule is CC(C)OCC(=O)c1ccc(N)cc1. The van der Waals surface area contributed by atoms with E-state index >= 15 is 0 Å². The Labute approximate surface area is 83.9 Å². The number of nitrogen functional groups attached to an aromatic ring is 1. The zero-order chi connectivity index (χ0) is 10.6. The fourth-order valence-corrected chi connectivity index (χ4v) is 0.995. The molecule has 0 spiro atoms. The van der Waals surface area contributed by atoms with Gasteiger partial charge in [-0.05, 0) is 38.1 Å². The van der Waals surface area contributed by atoms with E-state index in [2.05, 4.69) is 0 Å². The van der Waals surface area contributed by atoms with Crippen LogP contribution in [0.1, 0.15) is 24.2 Å². The fourth-order valence-electron chi connectivity index (χ4n) is 0.995. The molecule has 0 aliphatic heterocycles. The Morgan fingerprint density at radius 3 is 2.43 bits per heavy atom. The average molecular weight is 193 g/mol. The van der Waals surface area contributed by atoms with Gasteiger partial charge in [0, 0.05) is 11.3 Å². The molecule has 2 N–H and O–H groups in total. The first kappa shape index (κ1) is 10.7. The molecule has 0 amide bonds. The highest BCUT2D eigenvalue weighted by Crippen LogP contribution is 2.06. The summed E-state index contributed by atoms with van der Waals surface area (Å²) in [7, 11) is 0. The molecule has 76 valence electrons. The van der Waals surface area contributed by atoms with Crippen molar-refractivity contribution < 1.29 is 9.53 Å². The maximum absolute atomic E-state index is 11.5. The van der Waals surface area contributed by atoms with Crippen LogP contribution in [0.25, 0.3) is 0 Å². The van der Waals surface area contributed by atoms with Crippen molar-refractivity contribution in [3.05, 3.63) is 29.8 Å². The molecule has 0 unspecified atom stereocenters. The highest BCUT2D eigenvalue weighted by atomic mass is 16.5. The molecule has 0 aliphatic carbocycles. The third-order valence-electron chi connectivity index (χ3n) is 1.78. The predicted octanol–water partition coefficient (Wildman–Crippen LogP) is 1.88. The van der Waals surface area contributed by atoms with Crippen LogP contribution in [0.5, 0.6) is 0 Å². The maximum Gasteiger partial charge on any atom is 0.188 e. The van der Waals surface area contributed by atoms with Gasteiger partial charge in [0.2, 0.25) is 0 Å². The molecule has 1 aromatic rings. The lowest BCUT2D eigenvalue weighted by Crippen LogP contribution is -2.13. The summed E-state index contributed by atoms with van der Waals surface area (Å²) in [6.45, 7) is 3.92. The Bertz CT molecular complexity index is 304. The predicted molar refractivity (Wildman–Crippen MR) is 56.3 cm³/mol. The van der Waals surface area contributed by atoms with E-state index in [1.165, 1.54) is 0 Å². The molecule has 0 aromatic heterocycles. The molecule has 0 heterocycles. The van der Waals surface area contributed by atoms with E-state index in [1.54, 1.807) is 24.3 Å². The number of rotatable bonds is 4. The summed E-state index contributed by atoms with van der Waals surface area (Å²) in [6, 6.07) is 6.84. The second-order valence-corrected chi connectivity index (χ2v) is 3.40. The molecule has 3 nitrogen and oxygen atoms in total. The van der Waals surface area contributed by atoms with Crippen LogP contribution in [0.4, 0.5) is 5.69 Å². The number of hydrogen-bond acceptors (Lipinski definition) is 3. The van der Waals surface area contributed by atoms with Gasteiger partial charge in [-0.1, -0.05) is 0 Å². The number of carbonyl (C=O) groups is 1. The number of anilines is 1. The highest BCUT2D eigenvalue weighted by molar-refractivity contribution is 5.97. The summed E-state index contributed by atoms with van der Waals surface area (Å²) in [5.41, 5.74) is 6.80. The molecule has 0 saturated heterocycles. The van der Waals surface area contributed by atoms with E-state index in [4.69, 9.17) is 10.5 Å². The third-order valence-corrected chi connectivity index (χ3v) is 1.78. The van der Waals surface area contributed by atoms with Crippen LogP contribution < -0.4 is 5.73 Å². The van der Waals surface area contributed by atoms with Gasteiger partial charge in [-0.2, -0.15) is 0 Å². The minimum Gasteiger partial charge on any atom is -0.399 e. The van der Waals surface area contributed by atoms with E-state index in [0.717, 1.165) is 0 Å². The molecule has 1 rings (SSSR count). The summed E-state index contributed by atoms with van der Waals surface area (Å²) in [5.74, 6) is -0.0151. The second kappa shape index (κ2) is 4.77. The van der Waals surface area contributed by atoms with Crippen molar-refractivity contribution in [2.75, 3.05) is 12.3 Å². The number of nitrogens with two attached hydrogens (primary N) is 1. The smallest absolute Gasteiger partial charge is 0.188 e. The zero-order valence-electron chi connectivity index (χ0n) is 8.49. The molecular formula is C11H15NO2. The molecule has 0 bridgehead atoms. The van der Waals surface area contributed by atoms with Gasteiger partial charge >= 0.3 is 0 Å². The van der Waals surface area contributed by atoms with Crippen molar-refractivity contribution in [3.63, 3.8) is 0 Å². The number of hydrogen-bond donors (Lipinski definition) is 1. The monoisotopic (exact) mass is 193 g/mol. The van der Waals surface area contributed by atoms with Crippen molar-refractivity contribution in [1.29, 1.82) is 0 Å². The fraction of sp³-hybridized carbons (Fsp3) is 0.364. The van der Waals surface area contributed by atoms with Crippen LogP contribution in [0.3, 0.4) is 0 Å². The van der Waals surface area contributed by atoms with Crippen LogP contribution in [0.2, 0.25) is 0 Å². The molecule has 0 radical (unpaired) electrons. The molecule has 1 aromatic carbocycles. The Kier molecular flexibility index (Phi) is 3.65. The number of benzene rings is 1. The highest BCUT2D eigenvalue weighted by Gasteiger charge is 2.06. The minimum atomic E-state index is -0.0151. The number of ether oxygens (including phenoxy) is 1. The molecular weight excluding hydrogens is 178 g/mol. The van der Waals surface area contributed by atoms with Crippen molar-refractivity contribution in [3.8, 4) is 0 Å². The van der Waals surface area contributed by atoms with E-state index in [1.807, 2.05) is 13.8 Å². The summed E-state index contributed by atoms with van der Waals surface area (Å²) >= 11 is 0. The first-order valence-electron chi connectivity index (χ1n) is 4.60. The quantitative estimate of drug-likeness (QED) is 0.586. The molecule has 0 fully saturated rings. The Morgan fingerprint density at radius 1 is 1.36 bits per heavy atom. The summed E-state index contributed by atoms with van der Waals surface area (Å²) in [4.78, 5) is 11.5. The van der Waals surface area contributed by atoms with Gasteiger partial charge in [-0.15, -0.1) is 0 Å². The lowest BCUT2D eigenvalue weighted by atomic mass is 10.1. The van der Waals surface area contributed by atoms with Crippen LogP contribution in [-0.2, 0) is 4.74 Å². The van der Waals surface area contributed by atoms with Gasteiger partial charge in [0.05, 0.1) is 6.10 Å². The van der Waals surface area contributed by atoms with E-state index in [-0.39, 0.29) is 18.5 Å². The molecule has 0 saturated carbocycles. The lowest BCUT2D eigenvalue weighted by Gasteiger charge is -2.06. The number of ketones is 1. The van der Waals surface area contributed by atoms with Crippen molar-refractivity contribution in [1.82, 2.24) is 0 Å². The van der Waals surface area contributed by atoms with Gasteiger partial charge < -0.3 is 10.5 Å². The zero-order valence-corrected chi connectivity index (χ0v) is 8.49. The number of Topliss-reactive ketones (excluding diaryl/α,β-unsaturated/α-hetero) is 1. The van der Waals surface area contributed by atoms with Crippen molar-refractivity contribution in [2.24, 2.45) is 0 Å². The average Bonchev–Trinajstić information content (AvgIpc) is 2.15. The van der Waals surface area contributed by atoms with Crippen LogP contribution in [0, 0.1) is 0 Å². The van der Waals surface area contributed by atoms with Crippen molar-refractivity contribution in [2.45, 2.75) is 20.0 Å². The second-order valence-electron chi connectivity index (χ2n) is 3.40. The first-order chi connectivity index (χ1) is 6.59. The summed E-state index contributed by atoms with van der Waals surface area (Å²) < 4.78 is 5.21. The first-order valence-corrected chi connectivity index (χ1v) is 4.60. The molecule has 3 heteroatoms. The van der Waals surface area contributed by atoms with E-state index < -0.39 is 0 Å². The summed E-state index contributed by atoms with van der Waals surface area (Å²) in [6.07, 6.45) is 0.0766. The van der Waals surface area contributed by atoms with Gasteiger partial charge in [0.1, 0.15) is 6.61 Å². The topological polar surface area (TPSA) is 52.3 Å². The standard InChI is InChI=1S/C11H15NO2/c1-8(2)14-7-11(13)9-3-5-10(12)6-4-9/h3-6,8H,7,12H2,1-2H3. The normalized spacial score (nSPS) is 10.5. The van der Waals surface area contributed by atoms with Crippen LogP contribution in [0.15, 0.2) is 24.3 Å². The van der Waals surface area contributed by atoms with E-state index in [9.17, 15) is 4.79 Å². The number of carbonyl (C=O) groups excluding carboxylic acids is 1. The Balaban J connectivity index is 2.57. The van der Waals surface area contributed by atoms with Gasteiger partial charge in [0.25, 0.3) is 0 Å². The van der Waals surface area contributed by atoms with Crippen LogP contribution >= 0.6 is 0 Å². The van der Waals surface area contributed by atoms with Gasteiger partial charge in [0.15, 0.2) is 5.78 Å². The van der Waals surface area contributed by atoms with E-state index in [0.29, 0.717) is 11.3 Å². The maximum atomic E-state index is 11.5. The van der Waals surface area contributed by atoms with Crippen molar-refractivity contribution >= 4 is 11.5 Å². The Morgan fingerprint density at radius 2 is 1.93 bits per heavy atom. The minimum absolute atomic E-state index is 0.0151. The summed E-state index contributed by atoms with van der Waals surface area (Å²) in [5, 5.41) is 0. The van der Waals surface area contributed by atoms with Gasteiger partial charge in [-0.3, -0.25) is 4.79 Å². The lowest BCUT2D eigenvalue weighted by molar-refractivity contribution is 0.0585. The van der Waals surface area contributed by atoms with Gasteiger partial charge in [-0.25, -0.2) is 0 Å². The molecule has 0 atom stereocenters. The van der Waals surface area contributed by atoms with Crippen LogP contribution in [-0.4, -0.2) is 18.5 Å². The largest absolute Gasteiger partial charge is 0.399 e.